The number of aliphatic hydroxyl groups is 1. The molecule has 1 fully saturated rings. The zero-order valence-electron chi connectivity index (χ0n) is 8.34. The van der Waals surface area contributed by atoms with E-state index in [9.17, 15) is 5.11 Å². The lowest BCUT2D eigenvalue weighted by molar-refractivity contribution is 0.108. The van der Waals surface area contributed by atoms with Gasteiger partial charge in [-0.25, -0.2) is 0 Å². The summed E-state index contributed by atoms with van der Waals surface area (Å²) in [6.45, 7) is 5.21. The topological polar surface area (TPSA) is 29.5 Å². The summed E-state index contributed by atoms with van der Waals surface area (Å²) in [5.74, 6) is 0.536. The van der Waals surface area contributed by atoms with E-state index >= 15 is 0 Å². The van der Waals surface area contributed by atoms with Crippen molar-refractivity contribution in [1.29, 1.82) is 0 Å². The van der Waals surface area contributed by atoms with Crippen LogP contribution in [0.5, 0.6) is 0 Å². The van der Waals surface area contributed by atoms with Crippen LogP contribution in [0.15, 0.2) is 0 Å². The number of hydrogen-bond donors (Lipinski definition) is 1. The Kier molecular flexibility index (Phi) is 3.13. The van der Waals surface area contributed by atoms with E-state index in [2.05, 4.69) is 13.8 Å². The van der Waals surface area contributed by atoms with Gasteiger partial charge in [0.05, 0.1) is 6.10 Å². The third-order valence-corrected chi connectivity index (χ3v) is 2.90. The van der Waals surface area contributed by atoms with Crippen LogP contribution in [0.25, 0.3) is 0 Å². The fourth-order valence-electron chi connectivity index (χ4n) is 1.80. The number of hydrogen-bond acceptors (Lipinski definition) is 2. The van der Waals surface area contributed by atoms with Gasteiger partial charge in [0.1, 0.15) is 0 Å². The molecule has 0 aromatic rings. The lowest BCUT2D eigenvalue weighted by Crippen LogP contribution is -2.13. The molecule has 0 aromatic heterocycles. The molecule has 2 heteroatoms. The average Bonchev–Trinajstić information content (AvgIpc) is 2.60. The van der Waals surface area contributed by atoms with Gasteiger partial charge >= 0.3 is 0 Å². The van der Waals surface area contributed by atoms with Gasteiger partial charge < -0.3 is 9.84 Å². The number of rotatable bonds is 5. The minimum Gasteiger partial charge on any atom is -0.393 e. The van der Waals surface area contributed by atoms with Gasteiger partial charge in [-0.05, 0) is 30.6 Å². The average molecular weight is 172 g/mol. The van der Waals surface area contributed by atoms with Crippen molar-refractivity contribution in [3.05, 3.63) is 0 Å². The Morgan fingerprint density at radius 3 is 2.58 bits per heavy atom. The Morgan fingerprint density at radius 1 is 1.58 bits per heavy atom. The molecule has 72 valence electrons. The molecular weight excluding hydrogens is 152 g/mol. The highest BCUT2D eigenvalue weighted by molar-refractivity contribution is 4.98. The third-order valence-electron chi connectivity index (χ3n) is 2.90. The SMILES string of the molecule is COCCCC(O)C1CC1(C)C. The molecule has 0 bridgehead atoms. The molecule has 0 amide bonds. The van der Waals surface area contributed by atoms with Gasteiger partial charge in [-0.15, -0.1) is 0 Å². The zero-order chi connectivity index (χ0) is 9.19. The first-order valence-electron chi connectivity index (χ1n) is 4.75. The maximum absolute atomic E-state index is 9.70. The Bertz CT molecular complexity index is 143. The predicted octanol–water partition coefficient (Wildman–Crippen LogP) is 1.82. The van der Waals surface area contributed by atoms with Gasteiger partial charge in [0, 0.05) is 13.7 Å². The van der Waals surface area contributed by atoms with E-state index in [-0.39, 0.29) is 6.10 Å². The van der Waals surface area contributed by atoms with E-state index in [1.54, 1.807) is 7.11 Å². The number of ether oxygens (including phenoxy) is 1. The van der Waals surface area contributed by atoms with Crippen LogP contribution in [0, 0.1) is 11.3 Å². The van der Waals surface area contributed by atoms with Gasteiger partial charge in [-0.3, -0.25) is 0 Å². The minimum absolute atomic E-state index is 0.102. The summed E-state index contributed by atoms with van der Waals surface area (Å²) in [5.41, 5.74) is 0.395. The molecule has 0 heterocycles. The third kappa shape index (κ3) is 2.46. The molecule has 0 aliphatic heterocycles. The molecular formula is C10H20O2. The summed E-state index contributed by atoms with van der Waals surface area (Å²) >= 11 is 0. The Hall–Kier alpha value is -0.0800. The molecule has 1 N–H and O–H groups in total. The first kappa shape index (κ1) is 10.0. The Balaban J connectivity index is 2.09. The Morgan fingerprint density at radius 2 is 2.17 bits per heavy atom. The van der Waals surface area contributed by atoms with Crippen LogP contribution in [0.3, 0.4) is 0 Å². The van der Waals surface area contributed by atoms with E-state index in [4.69, 9.17) is 4.74 Å². The standard InChI is InChI=1S/C10H20O2/c1-10(2)7-8(10)9(11)5-4-6-12-3/h8-9,11H,4-7H2,1-3H3. The van der Waals surface area contributed by atoms with Crippen molar-refractivity contribution in [1.82, 2.24) is 0 Å². The molecule has 1 saturated carbocycles. The normalized spacial score (nSPS) is 28.5. The maximum atomic E-state index is 9.70. The smallest absolute Gasteiger partial charge is 0.0574 e. The summed E-state index contributed by atoms with van der Waals surface area (Å²) in [6.07, 6.45) is 2.95. The summed E-state index contributed by atoms with van der Waals surface area (Å²) < 4.78 is 4.93. The van der Waals surface area contributed by atoms with E-state index < -0.39 is 0 Å². The van der Waals surface area contributed by atoms with Gasteiger partial charge in [0.2, 0.25) is 0 Å². The van der Waals surface area contributed by atoms with Gasteiger partial charge in [-0.2, -0.15) is 0 Å². The van der Waals surface area contributed by atoms with Gasteiger partial charge in [0.25, 0.3) is 0 Å². The summed E-state index contributed by atoms with van der Waals surface area (Å²) in [6, 6.07) is 0. The second-order valence-corrected chi connectivity index (χ2v) is 4.50. The van der Waals surface area contributed by atoms with Crippen molar-refractivity contribution >= 4 is 0 Å². The van der Waals surface area contributed by atoms with Crippen molar-refractivity contribution in [3.63, 3.8) is 0 Å². The molecule has 0 aromatic carbocycles. The Labute approximate surface area is 74.9 Å². The first-order chi connectivity index (χ1) is 5.58. The second-order valence-electron chi connectivity index (χ2n) is 4.50. The van der Waals surface area contributed by atoms with Crippen molar-refractivity contribution in [2.24, 2.45) is 11.3 Å². The summed E-state index contributed by atoms with van der Waals surface area (Å²) in [7, 11) is 1.70. The largest absolute Gasteiger partial charge is 0.393 e. The lowest BCUT2D eigenvalue weighted by atomic mass is 10.0. The molecule has 0 spiro atoms. The number of aliphatic hydroxyl groups excluding tert-OH is 1. The van der Waals surface area contributed by atoms with Crippen LogP contribution in [0.4, 0.5) is 0 Å². The first-order valence-corrected chi connectivity index (χ1v) is 4.75. The van der Waals surface area contributed by atoms with Crippen LogP contribution >= 0.6 is 0 Å². The highest BCUT2D eigenvalue weighted by Crippen LogP contribution is 2.54. The quantitative estimate of drug-likeness (QED) is 0.641. The minimum atomic E-state index is -0.102. The lowest BCUT2D eigenvalue weighted by Gasteiger charge is -2.11. The number of methoxy groups -OCH3 is 1. The van der Waals surface area contributed by atoms with E-state index in [0.29, 0.717) is 11.3 Å². The summed E-state index contributed by atoms with van der Waals surface area (Å²) in [5, 5.41) is 9.70. The van der Waals surface area contributed by atoms with Crippen LogP contribution in [0.2, 0.25) is 0 Å². The van der Waals surface area contributed by atoms with Gasteiger partial charge in [-0.1, -0.05) is 13.8 Å². The molecule has 2 unspecified atom stereocenters. The summed E-state index contributed by atoms with van der Waals surface area (Å²) in [4.78, 5) is 0. The van der Waals surface area contributed by atoms with E-state index in [1.807, 2.05) is 0 Å². The van der Waals surface area contributed by atoms with Crippen LogP contribution in [-0.4, -0.2) is 24.9 Å². The highest BCUT2D eigenvalue weighted by Gasteiger charge is 2.49. The molecule has 2 atom stereocenters. The zero-order valence-corrected chi connectivity index (χ0v) is 8.34. The molecule has 2 nitrogen and oxygen atoms in total. The van der Waals surface area contributed by atoms with Crippen LogP contribution in [-0.2, 0) is 4.74 Å². The van der Waals surface area contributed by atoms with Gasteiger partial charge in [0.15, 0.2) is 0 Å². The van der Waals surface area contributed by atoms with E-state index in [0.717, 1.165) is 19.4 Å². The van der Waals surface area contributed by atoms with Crippen molar-refractivity contribution < 1.29 is 9.84 Å². The molecule has 0 radical (unpaired) electrons. The second kappa shape index (κ2) is 3.75. The maximum Gasteiger partial charge on any atom is 0.0574 e. The fourth-order valence-corrected chi connectivity index (χ4v) is 1.80. The van der Waals surface area contributed by atoms with Crippen LogP contribution < -0.4 is 0 Å². The monoisotopic (exact) mass is 172 g/mol. The van der Waals surface area contributed by atoms with Crippen LogP contribution in [0.1, 0.15) is 33.1 Å². The molecule has 1 rings (SSSR count). The van der Waals surface area contributed by atoms with Crippen molar-refractivity contribution in [2.45, 2.75) is 39.2 Å². The fraction of sp³-hybridized carbons (Fsp3) is 1.00. The molecule has 1 aliphatic rings. The molecule has 1 aliphatic carbocycles. The molecule has 12 heavy (non-hydrogen) atoms. The van der Waals surface area contributed by atoms with Crippen molar-refractivity contribution in [2.75, 3.05) is 13.7 Å². The molecule has 0 saturated heterocycles. The highest BCUT2D eigenvalue weighted by atomic mass is 16.5. The predicted molar refractivity (Wildman–Crippen MR) is 49.0 cm³/mol. The van der Waals surface area contributed by atoms with E-state index in [1.165, 1.54) is 6.42 Å². The van der Waals surface area contributed by atoms with Crippen molar-refractivity contribution in [3.8, 4) is 0 Å².